The zero-order chi connectivity index (χ0) is 21.2. The number of nitrogens with one attached hydrogen (secondary N) is 1. The van der Waals surface area contributed by atoms with E-state index in [1.54, 1.807) is 49.6 Å². The van der Waals surface area contributed by atoms with Gasteiger partial charge >= 0.3 is 5.97 Å². The third-order valence-electron chi connectivity index (χ3n) is 3.92. The first kappa shape index (κ1) is 21.7. The molecule has 0 fully saturated rings. The lowest BCUT2D eigenvalue weighted by molar-refractivity contribution is -0.150. The summed E-state index contributed by atoms with van der Waals surface area (Å²) < 4.78 is 20.5. The summed E-state index contributed by atoms with van der Waals surface area (Å²) in [6, 6.07) is 11.6. The van der Waals surface area contributed by atoms with Gasteiger partial charge in [0.05, 0.1) is 14.2 Å². The van der Waals surface area contributed by atoms with Gasteiger partial charge in [-0.1, -0.05) is 6.07 Å². The van der Waals surface area contributed by atoms with Crippen molar-refractivity contribution in [2.45, 2.75) is 13.5 Å². The smallest absolute Gasteiger partial charge is 0.344 e. The van der Waals surface area contributed by atoms with Crippen molar-refractivity contribution in [3.63, 3.8) is 0 Å². The Bertz CT molecular complexity index is 862. The van der Waals surface area contributed by atoms with E-state index in [0.29, 0.717) is 22.8 Å². The minimum atomic E-state index is -0.679. The van der Waals surface area contributed by atoms with E-state index in [4.69, 9.17) is 18.9 Å². The zero-order valence-corrected chi connectivity index (χ0v) is 16.5. The molecule has 0 bridgehead atoms. The predicted molar refractivity (Wildman–Crippen MR) is 104 cm³/mol. The number of ketones is 1. The second kappa shape index (κ2) is 10.7. The van der Waals surface area contributed by atoms with Crippen LogP contribution in [0.1, 0.15) is 22.8 Å². The Morgan fingerprint density at radius 3 is 2.21 bits per heavy atom. The molecule has 2 rings (SSSR count). The van der Waals surface area contributed by atoms with Crippen molar-refractivity contribution in [2.24, 2.45) is 0 Å². The van der Waals surface area contributed by atoms with Crippen LogP contribution < -0.4 is 19.5 Å². The van der Waals surface area contributed by atoms with Crippen LogP contribution in [-0.2, 0) is 20.9 Å². The fourth-order valence-corrected chi connectivity index (χ4v) is 2.36. The highest BCUT2D eigenvalue weighted by atomic mass is 16.6. The third kappa shape index (κ3) is 6.84. The fourth-order valence-electron chi connectivity index (χ4n) is 2.36. The number of benzene rings is 2. The lowest BCUT2D eigenvalue weighted by Gasteiger charge is -2.11. The van der Waals surface area contributed by atoms with E-state index in [1.807, 2.05) is 0 Å². The maximum Gasteiger partial charge on any atom is 0.344 e. The van der Waals surface area contributed by atoms with Crippen LogP contribution in [0, 0.1) is 0 Å². The number of Topliss-reactive ketones (excluding diaryl/α,β-unsaturated/α-hetero) is 1. The van der Waals surface area contributed by atoms with E-state index < -0.39 is 18.5 Å². The molecule has 8 nitrogen and oxygen atoms in total. The number of carbonyl (C=O) groups is 3. The second-order valence-corrected chi connectivity index (χ2v) is 6.00. The second-order valence-electron chi connectivity index (χ2n) is 6.00. The molecule has 0 saturated heterocycles. The van der Waals surface area contributed by atoms with Crippen molar-refractivity contribution >= 4 is 17.7 Å². The molecule has 0 atom stereocenters. The molecule has 29 heavy (non-hydrogen) atoms. The van der Waals surface area contributed by atoms with Crippen molar-refractivity contribution < 1.29 is 33.3 Å². The molecule has 0 unspecified atom stereocenters. The van der Waals surface area contributed by atoms with Gasteiger partial charge in [-0.2, -0.15) is 0 Å². The van der Waals surface area contributed by atoms with Gasteiger partial charge in [-0.15, -0.1) is 0 Å². The Labute approximate surface area is 168 Å². The van der Waals surface area contributed by atoms with Crippen LogP contribution in [-0.4, -0.2) is 45.1 Å². The summed E-state index contributed by atoms with van der Waals surface area (Å²) in [5.74, 6) is 0.382. The van der Waals surface area contributed by atoms with Gasteiger partial charge in [0.2, 0.25) is 0 Å². The van der Waals surface area contributed by atoms with Gasteiger partial charge in [0, 0.05) is 12.1 Å². The number of ether oxygens (including phenoxy) is 4. The van der Waals surface area contributed by atoms with Crippen LogP contribution in [0.15, 0.2) is 42.5 Å². The van der Waals surface area contributed by atoms with Gasteiger partial charge in [0.15, 0.2) is 30.5 Å². The molecule has 2 aromatic rings. The van der Waals surface area contributed by atoms with E-state index in [2.05, 4.69) is 5.32 Å². The minimum absolute atomic E-state index is 0.0601. The molecular weight excluding hydrogens is 378 g/mol. The molecule has 1 amide bonds. The van der Waals surface area contributed by atoms with Gasteiger partial charge in [0.1, 0.15) is 5.75 Å². The first-order valence-electron chi connectivity index (χ1n) is 8.80. The maximum absolute atomic E-state index is 11.9. The summed E-state index contributed by atoms with van der Waals surface area (Å²) >= 11 is 0. The Morgan fingerprint density at radius 1 is 0.897 bits per heavy atom. The van der Waals surface area contributed by atoms with Gasteiger partial charge < -0.3 is 24.3 Å². The summed E-state index contributed by atoms with van der Waals surface area (Å²) in [5.41, 5.74) is 1.35. The van der Waals surface area contributed by atoms with Crippen molar-refractivity contribution in [2.75, 3.05) is 27.4 Å². The van der Waals surface area contributed by atoms with Crippen LogP contribution in [0.5, 0.6) is 17.2 Å². The zero-order valence-electron chi connectivity index (χ0n) is 16.5. The Morgan fingerprint density at radius 2 is 1.59 bits per heavy atom. The van der Waals surface area contributed by atoms with Gasteiger partial charge in [-0.05, 0) is 48.9 Å². The number of hydrogen-bond acceptors (Lipinski definition) is 7. The molecule has 0 aliphatic heterocycles. The van der Waals surface area contributed by atoms with Gasteiger partial charge in [0.25, 0.3) is 5.91 Å². The first-order valence-corrected chi connectivity index (χ1v) is 8.80. The summed E-state index contributed by atoms with van der Waals surface area (Å²) in [6.07, 6.45) is 0. The molecule has 0 aromatic heterocycles. The Balaban J connectivity index is 1.71. The first-order chi connectivity index (χ1) is 13.9. The molecule has 8 heteroatoms. The minimum Gasteiger partial charge on any atom is -0.493 e. The van der Waals surface area contributed by atoms with E-state index >= 15 is 0 Å². The molecule has 0 radical (unpaired) electrons. The number of carbonyl (C=O) groups excluding carboxylic acids is 3. The highest BCUT2D eigenvalue weighted by Gasteiger charge is 2.10. The molecule has 0 saturated carbocycles. The van der Waals surface area contributed by atoms with Gasteiger partial charge in [-0.3, -0.25) is 9.59 Å². The standard InChI is InChI=1S/C21H23NO7/c1-14(23)16-5-7-17(8-6-16)28-13-21(25)29-12-20(24)22-11-15-4-9-18(26-2)19(10-15)27-3/h4-10H,11-13H2,1-3H3,(H,22,24). The highest BCUT2D eigenvalue weighted by Crippen LogP contribution is 2.27. The Hall–Kier alpha value is -3.55. The average Bonchev–Trinajstić information content (AvgIpc) is 2.74. The molecule has 2 aromatic carbocycles. The maximum atomic E-state index is 11.9. The van der Waals surface area contributed by atoms with E-state index in [1.165, 1.54) is 14.0 Å². The number of amides is 1. The molecule has 0 aliphatic carbocycles. The van der Waals surface area contributed by atoms with E-state index in [-0.39, 0.29) is 18.9 Å². The average molecular weight is 401 g/mol. The van der Waals surface area contributed by atoms with Crippen LogP contribution >= 0.6 is 0 Å². The fraction of sp³-hybridized carbons (Fsp3) is 0.286. The topological polar surface area (TPSA) is 100 Å². The van der Waals surface area contributed by atoms with E-state index in [9.17, 15) is 14.4 Å². The summed E-state index contributed by atoms with van der Waals surface area (Å²) in [4.78, 5) is 34.8. The number of rotatable bonds is 10. The van der Waals surface area contributed by atoms with Crippen LogP contribution in [0.25, 0.3) is 0 Å². The number of hydrogen-bond donors (Lipinski definition) is 1. The highest BCUT2D eigenvalue weighted by molar-refractivity contribution is 5.94. The van der Waals surface area contributed by atoms with Crippen molar-refractivity contribution in [3.8, 4) is 17.2 Å². The van der Waals surface area contributed by atoms with Crippen LogP contribution in [0.3, 0.4) is 0 Å². The molecule has 154 valence electrons. The SMILES string of the molecule is COc1ccc(CNC(=O)COC(=O)COc2ccc(C(C)=O)cc2)cc1OC. The monoisotopic (exact) mass is 401 g/mol. The molecule has 0 aliphatic rings. The van der Waals surface area contributed by atoms with Crippen LogP contribution in [0.4, 0.5) is 0 Å². The van der Waals surface area contributed by atoms with Crippen molar-refractivity contribution in [1.82, 2.24) is 5.32 Å². The largest absolute Gasteiger partial charge is 0.493 e. The van der Waals surface area contributed by atoms with Crippen LogP contribution in [0.2, 0.25) is 0 Å². The third-order valence-corrected chi connectivity index (χ3v) is 3.92. The summed E-state index contributed by atoms with van der Waals surface area (Å²) in [5, 5.41) is 2.65. The normalized spacial score (nSPS) is 10.0. The molecular formula is C21H23NO7. The molecule has 0 spiro atoms. The lowest BCUT2D eigenvalue weighted by atomic mass is 10.1. The predicted octanol–water partition coefficient (Wildman–Crippen LogP) is 2.14. The lowest BCUT2D eigenvalue weighted by Crippen LogP contribution is -2.29. The van der Waals surface area contributed by atoms with Gasteiger partial charge in [-0.25, -0.2) is 4.79 Å². The molecule has 0 heterocycles. The number of methoxy groups -OCH3 is 2. The number of esters is 1. The Kier molecular flexibility index (Phi) is 8.02. The quantitative estimate of drug-likeness (QED) is 0.481. The summed E-state index contributed by atoms with van der Waals surface area (Å²) in [6.45, 7) is 0.945. The van der Waals surface area contributed by atoms with Crippen molar-refractivity contribution in [1.29, 1.82) is 0 Å². The van der Waals surface area contributed by atoms with Crippen molar-refractivity contribution in [3.05, 3.63) is 53.6 Å². The molecule has 1 N–H and O–H groups in total. The summed E-state index contributed by atoms with van der Waals surface area (Å²) in [7, 11) is 3.07. The van der Waals surface area contributed by atoms with E-state index in [0.717, 1.165) is 5.56 Å².